The van der Waals surface area contributed by atoms with Crippen LogP contribution >= 0.6 is 11.6 Å². The first-order valence-electron chi connectivity index (χ1n) is 9.25. The van der Waals surface area contributed by atoms with Gasteiger partial charge in [0.2, 0.25) is 0 Å². The zero-order chi connectivity index (χ0) is 21.3. The first-order chi connectivity index (χ1) is 14.5. The van der Waals surface area contributed by atoms with Crippen LogP contribution in [0, 0.1) is 12.7 Å². The standard InChI is InChI=1S/C24H18ClFO4/c1-14-22(29-13-16-3-6-17(25)11-21(16)26)10-9-19-20(12-23(27)30-24(14)19)15-4-7-18(28-2)8-5-15/h3-12H,13H2,1-2H3. The summed E-state index contributed by atoms with van der Waals surface area (Å²) in [7, 11) is 1.60. The topological polar surface area (TPSA) is 48.7 Å². The van der Waals surface area contributed by atoms with Crippen LogP contribution in [0.15, 0.2) is 69.9 Å². The third kappa shape index (κ3) is 3.89. The van der Waals surface area contributed by atoms with Crippen molar-refractivity contribution < 1.29 is 18.3 Å². The second-order valence-corrected chi connectivity index (χ2v) is 7.23. The Labute approximate surface area is 177 Å². The number of aryl methyl sites for hydroxylation is 1. The predicted molar refractivity (Wildman–Crippen MR) is 115 cm³/mol. The van der Waals surface area contributed by atoms with E-state index >= 15 is 0 Å². The van der Waals surface area contributed by atoms with E-state index in [0.717, 1.165) is 22.3 Å². The maximum atomic E-state index is 14.0. The smallest absolute Gasteiger partial charge is 0.336 e. The highest BCUT2D eigenvalue weighted by Crippen LogP contribution is 2.34. The Balaban J connectivity index is 1.72. The quantitative estimate of drug-likeness (QED) is 0.360. The van der Waals surface area contributed by atoms with Gasteiger partial charge in [-0.15, -0.1) is 0 Å². The van der Waals surface area contributed by atoms with Crippen LogP contribution < -0.4 is 15.1 Å². The van der Waals surface area contributed by atoms with Gasteiger partial charge in [0.15, 0.2) is 0 Å². The Hall–Kier alpha value is -3.31. The van der Waals surface area contributed by atoms with E-state index in [-0.39, 0.29) is 6.61 Å². The molecule has 0 N–H and O–H groups in total. The van der Waals surface area contributed by atoms with Gasteiger partial charge in [0.05, 0.1) is 7.11 Å². The van der Waals surface area contributed by atoms with Gasteiger partial charge in [-0.05, 0) is 54.4 Å². The third-order valence-electron chi connectivity index (χ3n) is 4.91. The van der Waals surface area contributed by atoms with Gasteiger partial charge in [-0.1, -0.05) is 29.8 Å². The molecule has 0 radical (unpaired) electrons. The molecule has 4 aromatic rings. The SMILES string of the molecule is COc1ccc(-c2cc(=O)oc3c(C)c(OCc4ccc(Cl)cc4F)ccc23)cc1. The lowest BCUT2D eigenvalue weighted by Crippen LogP contribution is -2.02. The number of hydrogen-bond acceptors (Lipinski definition) is 4. The first-order valence-corrected chi connectivity index (χ1v) is 9.62. The van der Waals surface area contributed by atoms with Crippen molar-refractivity contribution in [2.24, 2.45) is 0 Å². The molecule has 0 saturated heterocycles. The van der Waals surface area contributed by atoms with Gasteiger partial charge in [0, 0.05) is 27.6 Å². The van der Waals surface area contributed by atoms with Crippen molar-refractivity contribution in [3.8, 4) is 22.6 Å². The molecular formula is C24H18ClFO4. The summed E-state index contributed by atoms with van der Waals surface area (Å²) < 4.78 is 30.5. The summed E-state index contributed by atoms with van der Waals surface area (Å²) in [5, 5.41) is 1.10. The van der Waals surface area contributed by atoms with Crippen LogP contribution in [0.25, 0.3) is 22.1 Å². The summed E-state index contributed by atoms with van der Waals surface area (Å²) in [5.41, 5.74) is 2.63. The number of rotatable bonds is 5. The minimum Gasteiger partial charge on any atom is -0.497 e. The number of fused-ring (bicyclic) bond motifs is 1. The van der Waals surface area contributed by atoms with Gasteiger partial charge in [0.25, 0.3) is 0 Å². The van der Waals surface area contributed by atoms with Crippen LogP contribution in [0.5, 0.6) is 11.5 Å². The minimum absolute atomic E-state index is 0.0255. The first kappa shape index (κ1) is 20.0. The molecule has 4 nitrogen and oxygen atoms in total. The molecule has 0 spiro atoms. The van der Waals surface area contributed by atoms with Gasteiger partial charge in [0.1, 0.15) is 29.5 Å². The molecule has 0 aliphatic carbocycles. The molecule has 0 aliphatic heterocycles. The van der Waals surface area contributed by atoms with E-state index in [9.17, 15) is 9.18 Å². The molecule has 0 atom stereocenters. The minimum atomic E-state index is -0.461. The molecule has 30 heavy (non-hydrogen) atoms. The summed E-state index contributed by atoms with van der Waals surface area (Å²) in [6, 6.07) is 17.0. The monoisotopic (exact) mass is 424 g/mol. The molecule has 4 rings (SSSR count). The van der Waals surface area contributed by atoms with Crippen molar-refractivity contribution in [3.05, 3.63) is 93.1 Å². The summed E-state index contributed by atoms with van der Waals surface area (Å²) in [4.78, 5) is 12.2. The number of benzene rings is 3. The maximum Gasteiger partial charge on any atom is 0.336 e. The number of methoxy groups -OCH3 is 1. The number of halogens is 2. The highest BCUT2D eigenvalue weighted by Gasteiger charge is 2.14. The lowest BCUT2D eigenvalue weighted by atomic mass is 10.00. The molecule has 0 bridgehead atoms. The zero-order valence-corrected chi connectivity index (χ0v) is 17.1. The zero-order valence-electron chi connectivity index (χ0n) is 16.4. The van der Waals surface area contributed by atoms with E-state index in [1.165, 1.54) is 12.1 Å². The van der Waals surface area contributed by atoms with E-state index in [0.29, 0.717) is 27.5 Å². The van der Waals surface area contributed by atoms with Crippen molar-refractivity contribution >= 4 is 22.6 Å². The van der Waals surface area contributed by atoms with Gasteiger partial charge in [-0.2, -0.15) is 0 Å². The third-order valence-corrected chi connectivity index (χ3v) is 5.15. The van der Waals surface area contributed by atoms with Crippen molar-refractivity contribution in [2.75, 3.05) is 7.11 Å². The Morgan fingerprint density at radius 2 is 1.80 bits per heavy atom. The van der Waals surface area contributed by atoms with E-state index in [2.05, 4.69) is 0 Å². The maximum absolute atomic E-state index is 14.0. The van der Waals surface area contributed by atoms with Crippen molar-refractivity contribution in [3.63, 3.8) is 0 Å². The average Bonchev–Trinajstić information content (AvgIpc) is 2.74. The lowest BCUT2D eigenvalue weighted by Gasteiger charge is -2.13. The largest absolute Gasteiger partial charge is 0.497 e. The highest BCUT2D eigenvalue weighted by atomic mass is 35.5. The number of hydrogen-bond donors (Lipinski definition) is 0. The van der Waals surface area contributed by atoms with Crippen LogP contribution in [0.3, 0.4) is 0 Å². The predicted octanol–water partition coefficient (Wildman–Crippen LogP) is 6.15. The molecule has 0 unspecified atom stereocenters. The van der Waals surface area contributed by atoms with E-state index < -0.39 is 11.4 Å². The Kier molecular flexibility index (Phi) is 5.46. The van der Waals surface area contributed by atoms with Gasteiger partial charge < -0.3 is 13.9 Å². The lowest BCUT2D eigenvalue weighted by molar-refractivity contribution is 0.297. The summed E-state index contributed by atoms with van der Waals surface area (Å²) in [6.45, 7) is 1.83. The fourth-order valence-electron chi connectivity index (χ4n) is 3.30. The Bertz CT molecular complexity index is 1280. The molecule has 0 amide bonds. The second kappa shape index (κ2) is 8.20. The van der Waals surface area contributed by atoms with Crippen LogP contribution in [-0.4, -0.2) is 7.11 Å². The summed E-state index contributed by atoms with van der Waals surface area (Å²) in [5.74, 6) is 0.800. The molecule has 152 valence electrons. The Morgan fingerprint density at radius 3 is 2.50 bits per heavy atom. The van der Waals surface area contributed by atoms with Crippen LogP contribution in [0.1, 0.15) is 11.1 Å². The van der Waals surface area contributed by atoms with Crippen molar-refractivity contribution in [1.29, 1.82) is 0 Å². The molecule has 1 heterocycles. The summed E-state index contributed by atoms with van der Waals surface area (Å²) in [6.07, 6.45) is 0. The molecule has 6 heteroatoms. The normalized spacial score (nSPS) is 10.9. The van der Waals surface area contributed by atoms with Gasteiger partial charge in [-0.25, -0.2) is 9.18 Å². The molecule has 0 fully saturated rings. The van der Waals surface area contributed by atoms with E-state index in [1.54, 1.807) is 32.2 Å². The molecule has 0 aliphatic rings. The second-order valence-electron chi connectivity index (χ2n) is 6.80. The van der Waals surface area contributed by atoms with Crippen molar-refractivity contribution in [1.82, 2.24) is 0 Å². The molecule has 1 aromatic heterocycles. The van der Waals surface area contributed by atoms with Gasteiger partial charge >= 0.3 is 5.63 Å². The molecule has 3 aromatic carbocycles. The molecule has 0 saturated carbocycles. The highest BCUT2D eigenvalue weighted by molar-refractivity contribution is 6.30. The number of ether oxygens (including phenoxy) is 2. The van der Waals surface area contributed by atoms with Crippen molar-refractivity contribution in [2.45, 2.75) is 13.5 Å². The van der Waals surface area contributed by atoms with Crippen LogP contribution in [0.2, 0.25) is 5.02 Å². The van der Waals surface area contributed by atoms with Crippen LogP contribution in [0.4, 0.5) is 4.39 Å². The molecular weight excluding hydrogens is 407 g/mol. The van der Waals surface area contributed by atoms with Gasteiger partial charge in [-0.3, -0.25) is 0 Å². The van der Waals surface area contributed by atoms with Crippen LogP contribution in [-0.2, 0) is 6.61 Å². The van der Waals surface area contributed by atoms with E-state index in [1.807, 2.05) is 30.3 Å². The average molecular weight is 425 g/mol. The van der Waals surface area contributed by atoms with E-state index in [4.69, 9.17) is 25.5 Å². The summed E-state index contributed by atoms with van der Waals surface area (Å²) >= 11 is 5.79. The fourth-order valence-corrected chi connectivity index (χ4v) is 3.46. The Morgan fingerprint density at radius 1 is 1.03 bits per heavy atom. The fraction of sp³-hybridized carbons (Fsp3) is 0.125.